The first-order valence-electron chi connectivity index (χ1n) is 9.65. The Kier molecular flexibility index (Phi) is 5.64. The summed E-state index contributed by atoms with van der Waals surface area (Å²) < 4.78 is 5.69. The summed E-state index contributed by atoms with van der Waals surface area (Å²) in [6, 6.07) is 11.9. The summed E-state index contributed by atoms with van der Waals surface area (Å²) in [5, 5.41) is 0. The molecule has 1 fully saturated rings. The molecule has 0 radical (unpaired) electrons. The minimum atomic E-state index is -0.439. The predicted molar refractivity (Wildman–Crippen MR) is 107 cm³/mol. The van der Waals surface area contributed by atoms with Gasteiger partial charge in [0, 0.05) is 18.7 Å². The van der Waals surface area contributed by atoms with Crippen LogP contribution in [-0.4, -0.2) is 18.4 Å². The van der Waals surface area contributed by atoms with Crippen LogP contribution in [0.25, 0.3) is 0 Å². The number of ether oxygens (including phenoxy) is 1. The first kappa shape index (κ1) is 19.2. The van der Waals surface area contributed by atoms with Gasteiger partial charge >= 0.3 is 5.97 Å². The highest BCUT2D eigenvalue weighted by molar-refractivity contribution is 6.01. The van der Waals surface area contributed by atoms with Crippen molar-refractivity contribution in [1.29, 1.82) is 0 Å². The van der Waals surface area contributed by atoms with Crippen molar-refractivity contribution in [3.8, 4) is 5.75 Å². The molecule has 0 aromatic heterocycles. The van der Waals surface area contributed by atoms with Crippen LogP contribution in [0.3, 0.4) is 0 Å². The average molecular weight is 365 g/mol. The highest BCUT2D eigenvalue weighted by Crippen LogP contribution is 2.33. The van der Waals surface area contributed by atoms with Crippen LogP contribution in [0.2, 0.25) is 0 Å². The van der Waals surface area contributed by atoms with Gasteiger partial charge in [-0.1, -0.05) is 50.2 Å². The minimum absolute atomic E-state index is 0.00550. The zero-order valence-electron chi connectivity index (χ0n) is 16.5. The van der Waals surface area contributed by atoms with E-state index in [9.17, 15) is 9.59 Å². The first-order chi connectivity index (χ1) is 13.0. The molecule has 142 valence electrons. The van der Waals surface area contributed by atoms with Gasteiger partial charge in [0.2, 0.25) is 5.91 Å². The summed E-state index contributed by atoms with van der Waals surface area (Å²) in [4.78, 5) is 27.3. The topological polar surface area (TPSA) is 46.6 Å². The number of anilines is 1. The maximum Gasteiger partial charge on any atom is 0.316 e. The van der Waals surface area contributed by atoms with Crippen LogP contribution in [0.1, 0.15) is 42.5 Å². The van der Waals surface area contributed by atoms with Crippen molar-refractivity contribution in [2.45, 2.75) is 47.0 Å². The number of esters is 1. The Bertz CT molecular complexity index is 829. The number of carbonyl (C=O) groups is 2. The lowest BCUT2D eigenvalue weighted by atomic mass is 10.0. The van der Waals surface area contributed by atoms with Gasteiger partial charge in [-0.15, -0.1) is 0 Å². The summed E-state index contributed by atoms with van der Waals surface area (Å²) in [6.45, 7) is 8.41. The summed E-state index contributed by atoms with van der Waals surface area (Å²) >= 11 is 0. The molecule has 3 rings (SSSR count). The van der Waals surface area contributed by atoms with Crippen LogP contribution in [0.5, 0.6) is 5.75 Å². The summed E-state index contributed by atoms with van der Waals surface area (Å²) in [5.41, 5.74) is 5.12. The molecule has 0 aliphatic carbocycles. The maximum atomic E-state index is 12.7. The Morgan fingerprint density at radius 1 is 1.04 bits per heavy atom. The Labute approximate surface area is 161 Å². The van der Waals surface area contributed by atoms with E-state index >= 15 is 0 Å². The van der Waals surface area contributed by atoms with Gasteiger partial charge in [-0.3, -0.25) is 9.59 Å². The van der Waals surface area contributed by atoms with Gasteiger partial charge < -0.3 is 9.64 Å². The number of carbonyl (C=O) groups excluding carboxylic acids is 2. The van der Waals surface area contributed by atoms with Gasteiger partial charge in [-0.25, -0.2) is 0 Å². The van der Waals surface area contributed by atoms with Crippen molar-refractivity contribution < 1.29 is 14.3 Å². The molecule has 0 bridgehead atoms. The fourth-order valence-corrected chi connectivity index (χ4v) is 3.79. The molecule has 0 saturated carbocycles. The summed E-state index contributed by atoms with van der Waals surface area (Å²) in [7, 11) is 0. The molecule has 0 spiro atoms. The van der Waals surface area contributed by atoms with Crippen LogP contribution in [-0.2, 0) is 22.4 Å². The predicted octanol–water partition coefficient (Wildman–Crippen LogP) is 4.39. The van der Waals surface area contributed by atoms with E-state index < -0.39 is 5.92 Å². The van der Waals surface area contributed by atoms with E-state index in [-0.39, 0.29) is 18.3 Å². The normalized spacial score (nSPS) is 16.7. The van der Waals surface area contributed by atoms with Crippen LogP contribution in [0, 0.1) is 19.8 Å². The van der Waals surface area contributed by atoms with Crippen LogP contribution >= 0.6 is 0 Å². The lowest BCUT2D eigenvalue weighted by Crippen LogP contribution is -2.29. The Morgan fingerprint density at radius 3 is 2.15 bits per heavy atom. The molecule has 4 heteroatoms. The molecule has 0 unspecified atom stereocenters. The standard InChI is InChI=1S/C23H27NO3/c1-5-17-11-8-12-18(6-2)21(17)24-14-19(13-20(24)25)23(26)27-22-15(3)9-7-10-16(22)4/h7-12,19H,5-6,13-14H2,1-4H3/t19-/m0/s1. The van der Waals surface area contributed by atoms with Gasteiger partial charge in [-0.2, -0.15) is 0 Å². The largest absolute Gasteiger partial charge is 0.426 e. The van der Waals surface area contributed by atoms with Gasteiger partial charge in [-0.05, 0) is 48.9 Å². The molecular formula is C23H27NO3. The quantitative estimate of drug-likeness (QED) is 0.583. The third kappa shape index (κ3) is 3.75. The molecule has 1 heterocycles. The second kappa shape index (κ2) is 7.95. The smallest absolute Gasteiger partial charge is 0.316 e. The highest BCUT2D eigenvalue weighted by atomic mass is 16.5. The van der Waals surface area contributed by atoms with Gasteiger partial charge in [0.25, 0.3) is 0 Å². The maximum absolute atomic E-state index is 12.7. The van der Waals surface area contributed by atoms with Gasteiger partial charge in [0.05, 0.1) is 5.92 Å². The number of nitrogens with zero attached hydrogens (tertiary/aromatic N) is 1. The molecule has 2 aromatic rings. The Morgan fingerprint density at radius 2 is 1.59 bits per heavy atom. The third-order valence-electron chi connectivity index (χ3n) is 5.30. The van der Waals surface area contributed by atoms with Gasteiger partial charge in [0.1, 0.15) is 5.75 Å². The van der Waals surface area contributed by atoms with E-state index in [0.717, 1.165) is 40.8 Å². The molecule has 1 aliphatic heterocycles. The van der Waals surface area contributed by atoms with Crippen molar-refractivity contribution >= 4 is 17.6 Å². The third-order valence-corrected chi connectivity index (χ3v) is 5.30. The number of para-hydroxylation sites is 2. The first-order valence-corrected chi connectivity index (χ1v) is 9.65. The number of amides is 1. The van der Waals surface area contributed by atoms with E-state index in [2.05, 4.69) is 26.0 Å². The second-order valence-electron chi connectivity index (χ2n) is 7.18. The number of rotatable bonds is 5. The van der Waals surface area contributed by atoms with E-state index in [1.807, 2.05) is 38.1 Å². The van der Waals surface area contributed by atoms with Crippen molar-refractivity contribution in [2.75, 3.05) is 11.4 Å². The molecule has 4 nitrogen and oxygen atoms in total. The van der Waals surface area contributed by atoms with Crippen molar-refractivity contribution in [1.82, 2.24) is 0 Å². The lowest BCUT2D eigenvalue weighted by molar-refractivity contribution is -0.139. The zero-order valence-corrected chi connectivity index (χ0v) is 16.5. The average Bonchev–Trinajstić information content (AvgIpc) is 3.05. The fraction of sp³-hybridized carbons (Fsp3) is 0.391. The lowest BCUT2D eigenvalue weighted by Gasteiger charge is -2.23. The summed E-state index contributed by atoms with van der Waals surface area (Å²) in [6.07, 6.45) is 1.90. The van der Waals surface area contributed by atoms with Crippen LogP contribution in [0.15, 0.2) is 36.4 Å². The summed E-state index contributed by atoms with van der Waals surface area (Å²) in [5.74, 6) is -0.160. The van der Waals surface area contributed by atoms with Crippen molar-refractivity contribution in [2.24, 2.45) is 5.92 Å². The number of hydrogen-bond acceptors (Lipinski definition) is 3. The van der Waals surface area contributed by atoms with Gasteiger partial charge in [0.15, 0.2) is 0 Å². The highest BCUT2D eigenvalue weighted by Gasteiger charge is 2.38. The Hall–Kier alpha value is -2.62. The fourth-order valence-electron chi connectivity index (χ4n) is 3.79. The van der Waals surface area contributed by atoms with E-state index in [1.54, 1.807) is 4.90 Å². The molecule has 1 atom stereocenters. The van der Waals surface area contributed by atoms with E-state index in [0.29, 0.717) is 12.3 Å². The SMILES string of the molecule is CCc1cccc(CC)c1N1C[C@@H](C(=O)Oc2c(C)cccc2C)CC1=O. The van der Waals surface area contributed by atoms with E-state index in [4.69, 9.17) is 4.74 Å². The monoisotopic (exact) mass is 365 g/mol. The number of aryl methyl sites for hydroxylation is 4. The number of hydrogen-bond donors (Lipinski definition) is 0. The molecule has 1 saturated heterocycles. The van der Waals surface area contributed by atoms with Crippen LogP contribution in [0.4, 0.5) is 5.69 Å². The van der Waals surface area contributed by atoms with Crippen molar-refractivity contribution in [3.05, 3.63) is 58.7 Å². The molecular weight excluding hydrogens is 338 g/mol. The molecule has 2 aromatic carbocycles. The molecule has 27 heavy (non-hydrogen) atoms. The second-order valence-corrected chi connectivity index (χ2v) is 7.18. The zero-order chi connectivity index (χ0) is 19.6. The van der Waals surface area contributed by atoms with E-state index in [1.165, 1.54) is 0 Å². The number of benzene rings is 2. The molecule has 0 N–H and O–H groups in total. The van der Waals surface area contributed by atoms with Crippen molar-refractivity contribution in [3.63, 3.8) is 0 Å². The minimum Gasteiger partial charge on any atom is -0.426 e. The van der Waals surface area contributed by atoms with Crippen LogP contribution < -0.4 is 9.64 Å². The Balaban J connectivity index is 1.83. The molecule has 1 amide bonds. The molecule has 1 aliphatic rings.